The van der Waals surface area contributed by atoms with Gasteiger partial charge in [-0.2, -0.15) is 10.2 Å². The first kappa shape index (κ1) is 7.72. The van der Waals surface area contributed by atoms with Crippen LogP contribution in [0, 0.1) is 6.92 Å². The van der Waals surface area contributed by atoms with Crippen molar-refractivity contribution in [1.29, 1.82) is 0 Å². The van der Waals surface area contributed by atoms with Crippen LogP contribution in [0.3, 0.4) is 0 Å². The molecule has 0 fully saturated rings. The van der Waals surface area contributed by atoms with Gasteiger partial charge in [-0.15, -0.1) is 0 Å². The summed E-state index contributed by atoms with van der Waals surface area (Å²) in [5, 5.41) is 10.5. The van der Waals surface area contributed by atoms with Crippen LogP contribution in [-0.2, 0) is 0 Å². The number of hydrogen-bond donors (Lipinski definition) is 1. The third-order valence-corrected chi connectivity index (χ3v) is 1.72. The van der Waals surface area contributed by atoms with E-state index in [0.717, 1.165) is 11.8 Å². The van der Waals surface area contributed by atoms with E-state index in [4.69, 9.17) is 0 Å². The lowest BCUT2D eigenvalue weighted by Crippen LogP contribution is -1.98. The van der Waals surface area contributed by atoms with E-state index in [-0.39, 0.29) is 0 Å². The summed E-state index contributed by atoms with van der Waals surface area (Å²) in [6.07, 6.45) is 5.76. The van der Waals surface area contributed by atoms with Crippen molar-refractivity contribution in [1.82, 2.24) is 20.0 Å². The summed E-state index contributed by atoms with van der Waals surface area (Å²) >= 11 is 0. The predicted octanol–water partition coefficient (Wildman–Crippen LogP) is 0.716. The number of aromatic nitrogens is 4. The molecule has 0 amide bonds. The van der Waals surface area contributed by atoms with Gasteiger partial charge in [0.2, 0.25) is 0 Å². The van der Waals surface area contributed by atoms with Gasteiger partial charge in [-0.25, -0.2) is 4.68 Å². The molecule has 0 spiro atoms. The standard InChI is InChI=1S/C8H8N4O/c1-6-2-10-12(4-6)8-7(5-13)3-9-11-8/h2-5H,1H3,(H,9,11). The number of aromatic amines is 1. The van der Waals surface area contributed by atoms with Crippen LogP contribution in [0.2, 0.25) is 0 Å². The Morgan fingerprint density at radius 2 is 2.38 bits per heavy atom. The molecule has 0 bridgehead atoms. The maximum Gasteiger partial charge on any atom is 0.159 e. The summed E-state index contributed by atoms with van der Waals surface area (Å²) in [5.41, 5.74) is 1.54. The molecule has 5 nitrogen and oxygen atoms in total. The van der Waals surface area contributed by atoms with Gasteiger partial charge in [-0.05, 0) is 12.5 Å². The highest BCUT2D eigenvalue weighted by molar-refractivity contribution is 5.78. The first-order valence-corrected chi connectivity index (χ1v) is 3.81. The summed E-state index contributed by atoms with van der Waals surface area (Å²) in [4.78, 5) is 10.6. The van der Waals surface area contributed by atoms with E-state index < -0.39 is 0 Å². The number of hydrogen-bond acceptors (Lipinski definition) is 3. The highest BCUT2D eigenvalue weighted by Gasteiger charge is 2.06. The second kappa shape index (κ2) is 2.85. The van der Waals surface area contributed by atoms with Gasteiger partial charge in [-0.3, -0.25) is 9.89 Å². The zero-order chi connectivity index (χ0) is 9.26. The number of carbonyl (C=O) groups is 1. The van der Waals surface area contributed by atoms with Crippen LogP contribution in [-0.4, -0.2) is 26.3 Å². The van der Waals surface area contributed by atoms with Gasteiger partial charge in [0, 0.05) is 6.20 Å². The Labute approximate surface area is 74.4 Å². The lowest BCUT2D eigenvalue weighted by Gasteiger charge is -1.95. The molecule has 0 aliphatic rings. The maximum atomic E-state index is 10.6. The summed E-state index contributed by atoms with van der Waals surface area (Å²) in [5.74, 6) is 0.600. The number of carbonyl (C=O) groups excluding carboxylic acids is 1. The van der Waals surface area contributed by atoms with Crippen LogP contribution in [0.25, 0.3) is 5.82 Å². The minimum Gasteiger partial charge on any atom is -0.298 e. The molecule has 2 heterocycles. The van der Waals surface area contributed by atoms with Crippen molar-refractivity contribution >= 4 is 6.29 Å². The molecule has 0 aliphatic carbocycles. The van der Waals surface area contributed by atoms with E-state index in [1.165, 1.54) is 6.20 Å². The van der Waals surface area contributed by atoms with E-state index in [9.17, 15) is 4.79 Å². The van der Waals surface area contributed by atoms with Crippen LogP contribution in [0.15, 0.2) is 18.6 Å². The fraction of sp³-hybridized carbons (Fsp3) is 0.125. The highest BCUT2D eigenvalue weighted by Crippen LogP contribution is 2.07. The molecule has 2 aromatic heterocycles. The van der Waals surface area contributed by atoms with E-state index in [2.05, 4.69) is 15.3 Å². The summed E-state index contributed by atoms with van der Waals surface area (Å²) in [6, 6.07) is 0. The van der Waals surface area contributed by atoms with E-state index in [1.807, 2.05) is 13.1 Å². The molecule has 2 rings (SSSR count). The molecular weight excluding hydrogens is 168 g/mol. The average Bonchev–Trinajstić information content (AvgIpc) is 2.71. The van der Waals surface area contributed by atoms with Crippen molar-refractivity contribution in [3.05, 3.63) is 29.7 Å². The molecule has 0 unspecified atom stereocenters. The number of nitrogens with one attached hydrogen (secondary N) is 1. The Bertz CT molecular complexity index is 429. The van der Waals surface area contributed by atoms with Crippen molar-refractivity contribution in [3.8, 4) is 5.82 Å². The molecule has 0 atom stereocenters. The molecule has 2 aromatic rings. The average molecular weight is 176 g/mol. The van der Waals surface area contributed by atoms with E-state index >= 15 is 0 Å². The second-order valence-electron chi connectivity index (χ2n) is 2.75. The van der Waals surface area contributed by atoms with E-state index in [1.54, 1.807) is 10.9 Å². The number of nitrogens with zero attached hydrogens (tertiary/aromatic N) is 3. The van der Waals surface area contributed by atoms with Gasteiger partial charge in [0.1, 0.15) is 0 Å². The van der Waals surface area contributed by atoms with Gasteiger partial charge in [-0.1, -0.05) is 0 Å². The molecule has 0 radical (unpaired) electrons. The number of aryl methyl sites for hydroxylation is 1. The van der Waals surface area contributed by atoms with Crippen molar-refractivity contribution < 1.29 is 4.79 Å². The van der Waals surface area contributed by atoms with Crippen molar-refractivity contribution in [2.24, 2.45) is 0 Å². The van der Waals surface area contributed by atoms with Crippen LogP contribution in [0.1, 0.15) is 15.9 Å². The summed E-state index contributed by atoms with van der Waals surface area (Å²) in [7, 11) is 0. The lowest BCUT2D eigenvalue weighted by molar-refractivity contribution is 0.112. The summed E-state index contributed by atoms with van der Waals surface area (Å²) in [6.45, 7) is 1.93. The third kappa shape index (κ3) is 1.24. The van der Waals surface area contributed by atoms with Gasteiger partial charge in [0.15, 0.2) is 12.1 Å². The molecule has 1 N–H and O–H groups in total. The second-order valence-corrected chi connectivity index (χ2v) is 2.75. The first-order valence-electron chi connectivity index (χ1n) is 3.81. The van der Waals surface area contributed by atoms with E-state index in [0.29, 0.717) is 11.4 Å². The van der Waals surface area contributed by atoms with Gasteiger partial charge < -0.3 is 0 Å². The van der Waals surface area contributed by atoms with Crippen molar-refractivity contribution in [2.45, 2.75) is 6.92 Å². The number of aldehydes is 1. The fourth-order valence-corrected chi connectivity index (χ4v) is 1.09. The maximum absolute atomic E-state index is 10.6. The Morgan fingerprint density at radius 3 is 3.00 bits per heavy atom. The smallest absolute Gasteiger partial charge is 0.159 e. The zero-order valence-corrected chi connectivity index (χ0v) is 7.06. The van der Waals surface area contributed by atoms with Crippen LogP contribution in [0.4, 0.5) is 0 Å². The molecule has 0 saturated carbocycles. The van der Waals surface area contributed by atoms with Gasteiger partial charge in [0.25, 0.3) is 0 Å². The molecule has 5 heteroatoms. The Kier molecular flexibility index (Phi) is 1.70. The van der Waals surface area contributed by atoms with Crippen LogP contribution >= 0.6 is 0 Å². The normalized spacial score (nSPS) is 10.2. The largest absolute Gasteiger partial charge is 0.298 e. The third-order valence-electron chi connectivity index (χ3n) is 1.72. The number of H-pyrrole nitrogens is 1. The first-order chi connectivity index (χ1) is 6.31. The molecular formula is C8H8N4O. The fourth-order valence-electron chi connectivity index (χ4n) is 1.09. The Balaban J connectivity index is 2.51. The van der Waals surface area contributed by atoms with Crippen molar-refractivity contribution in [3.63, 3.8) is 0 Å². The molecule has 13 heavy (non-hydrogen) atoms. The molecule has 0 aromatic carbocycles. The Hall–Kier alpha value is -1.91. The monoisotopic (exact) mass is 176 g/mol. The molecule has 0 saturated heterocycles. The topological polar surface area (TPSA) is 63.6 Å². The minimum absolute atomic E-state index is 0.503. The molecule has 66 valence electrons. The van der Waals surface area contributed by atoms with Gasteiger partial charge in [0.05, 0.1) is 18.0 Å². The lowest BCUT2D eigenvalue weighted by atomic mass is 10.3. The number of rotatable bonds is 2. The highest BCUT2D eigenvalue weighted by atomic mass is 16.1. The Morgan fingerprint density at radius 1 is 1.54 bits per heavy atom. The SMILES string of the molecule is Cc1cnn(-c2[nH]ncc2C=O)c1. The van der Waals surface area contributed by atoms with Crippen LogP contribution in [0.5, 0.6) is 0 Å². The van der Waals surface area contributed by atoms with Crippen LogP contribution < -0.4 is 0 Å². The minimum atomic E-state index is 0.503. The summed E-state index contributed by atoms with van der Waals surface area (Å²) < 4.78 is 1.59. The molecule has 0 aliphatic heterocycles. The van der Waals surface area contributed by atoms with Crippen molar-refractivity contribution in [2.75, 3.05) is 0 Å². The zero-order valence-electron chi connectivity index (χ0n) is 7.06. The quantitative estimate of drug-likeness (QED) is 0.685. The van der Waals surface area contributed by atoms with Gasteiger partial charge >= 0.3 is 0 Å². The predicted molar refractivity (Wildman–Crippen MR) is 45.8 cm³/mol.